The van der Waals surface area contributed by atoms with E-state index in [1.54, 1.807) is 7.11 Å². The first-order valence-corrected chi connectivity index (χ1v) is 9.41. The van der Waals surface area contributed by atoms with Crippen LogP contribution in [0.2, 0.25) is 0 Å². The summed E-state index contributed by atoms with van der Waals surface area (Å²) in [5.41, 5.74) is 1.10. The summed E-state index contributed by atoms with van der Waals surface area (Å²) in [4.78, 5) is 11.8. The van der Waals surface area contributed by atoms with E-state index in [9.17, 15) is 13.2 Å². The number of ether oxygens (including phenoxy) is 1. The number of nitrogens with one attached hydrogen (secondary N) is 1. The first-order valence-electron chi connectivity index (χ1n) is 7.58. The van der Waals surface area contributed by atoms with Crippen LogP contribution < -0.4 is 10.1 Å². The summed E-state index contributed by atoms with van der Waals surface area (Å²) >= 11 is 0. The average molecular weight is 325 g/mol. The summed E-state index contributed by atoms with van der Waals surface area (Å²) in [6, 6.07) is 7.67. The molecule has 1 fully saturated rings. The fraction of sp³-hybridized carbons (Fsp3) is 0.562. The van der Waals surface area contributed by atoms with Crippen LogP contribution in [0, 0.1) is 5.92 Å². The fourth-order valence-corrected chi connectivity index (χ4v) is 4.56. The number of sulfone groups is 1. The van der Waals surface area contributed by atoms with Gasteiger partial charge in [0.25, 0.3) is 0 Å². The molecule has 2 rings (SSSR count). The van der Waals surface area contributed by atoms with Crippen LogP contribution in [0.3, 0.4) is 0 Å². The Morgan fingerprint density at radius 2 is 2.05 bits per heavy atom. The molecule has 0 aromatic heterocycles. The maximum Gasteiger partial charge on any atom is 0.220 e. The number of amides is 1. The molecule has 1 amide bonds. The van der Waals surface area contributed by atoms with E-state index >= 15 is 0 Å². The standard InChI is InChI=1S/C16H23NO4S/c1-21-15-5-2-13(3-6-15)4-7-16(18)17-10-8-14-9-11-22(19,20)12-14/h2-3,5-6,14H,4,7-12H2,1H3,(H,17,18). The predicted octanol–water partition coefficient (Wildman–Crippen LogP) is 1.57. The molecule has 0 bridgehead atoms. The van der Waals surface area contributed by atoms with E-state index in [4.69, 9.17) is 4.74 Å². The van der Waals surface area contributed by atoms with Gasteiger partial charge in [-0.3, -0.25) is 4.79 Å². The van der Waals surface area contributed by atoms with Crippen molar-refractivity contribution in [1.82, 2.24) is 5.32 Å². The molecule has 0 radical (unpaired) electrons. The molecule has 1 atom stereocenters. The number of carbonyl (C=O) groups is 1. The number of benzene rings is 1. The Morgan fingerprint density at radius 1 is 1.32 bits per heavy atom. The molecule has 0 spiro atoms. The first-order chi connectivity index (χ1) is 10.5. The van der Waals surface area contributed by atoms with Gasteiger partial charge in [-0.1, -0.05) is 12.1 Å². The van der Waals surface area contributed by atoms with Gasteiger partial charge in [-0.25, -0.2) is 8.42 Å². The molecule has 1 saturated heterocycles. The third-order valence-corrected chi connectivity index (χ3v) is 5.84. The van der Waals surface area contributed by atoms with Gasteiger partial charge in [0.2, 0.25) is 5.91 Å². The molecule has 1 N–H and O–H groups in total. The average Bonchev–Trinajstić information content (AvgIpc) is 2.85. The molecule has 122 valence electrons. The van der Waals surface area contributed by atoms with Crippen molar-refractivity contribution < 1.29 is 17.9 Å². The lowest BCUT2D eigenvalue weighted by Gasteiger charge is -2.09. The minimum Gasteiger partial charge on any atom is -0.497 e. The maximum absolute atomic E-state index is 11.8. The Balaban J connectivity index is 1.63. The zero-order chi connectivity index (χ0) is 16.0. The molecule has 0 saturated carbocycles. The van der Waals surface area contributed by atoms with Crippen molar-refractivity contribution >= 4 is 15.7 Å². The van der Waals surface area contributed by atoms with Crippen LogP contribution in [0.15, 0.2) is 24.3 Å². The van der Waals surface area contributed by atoms with Gasteiger partial charge in [0.1, 0.15) is 5.75 Å². The monoisotopic (exact) mass is 325 g/mol. The smallest absolute Gasteiger partial charge is 0.220 e. The van der Waals surface area contributed by atoms with E-state index < -0.39 is 9.84 Å². The molecule has 1 aliphatic rings. The lowest BCUT2D eigenvalue weighted by Crippen LogP contribution is -2.26. The highest BCUT2D eigenvalue weighted by molar-refractivity contribution is 7.91. The van der Waals surface area contributed by atoms with Gasteiger partial charge >= 0.3 is 0 Å². The SMILES string of the molecule is COc1ccc(CCC(=O)NCCC2CCS(=O)(=O)C2)cc1. The topological polar surface area (TPSA) is 72.5 Å². The minimum atomic E-state index is -2.82. The van der Waals surface area contributed by atoms with Crippen molar-refractivity contribution in [3.05, 3.63) is 29.8 Å². The number of aryl methyl sites for hydroxylation is 1. The van der Waals surface area contributed by atoms with Crippen molar-refractivity contribution in [2.75, 3.05) is 25.2 Å². The van der Waals surface area contributed by atoms with Crippen LogP contribution in [0.4, 0.5) is 0 Å². The maximum atomic E-state index is 11.8. The molecule has 1 heterocycles. The van der Waals surface area contributed by atoms with Crippen molar-refractivity contribution in [2.45, 2.75) is 25.7 Å². The normalized spacial score (nSPS) is 19.8. The van der Waals surface area contributed by atoms with Crippen LogP contribution in [-0.4, -0.2) is 39.5 Å². The van der Waals surface area contributed by atoms with E-state index in [0.29, 0.717) is 25.1 Å². The summed E-state index contributed by atoms with van der Waals surface area (Å²) in [7, 11) is -1.20. The molecule has 0 aliphatic carbocycles. The molecular weight excluding hydrogens is 302 g/mol. The van der Waals surface area contributed by atoms with Gasteiger partial charge in [0.15, 0.2) is 9.84 Å². The van der Waals surface area contributed by atoms with Crippen LogP contribution in [0.5, 0.6) is 5.75 Å². The number of hydrogen-bond acceptors (Lipinski definition) is 4. The van der Waals surface area contributed by atoms with Crippen LogP contribution in [0.1, 0.15) is 24.8 Å². The summed E-state index contributed by atoms with van der Waals surface area (Å²) in [5, 5.41) is 2.87. The van der Waals surface area contributed by atoms with E-state index in [-0.39, 0.29) is 17.6 Å². The minimum absolute atomic E-state index is 0.0108. The van der Waals surface area contributed by atoms with Crippen molar-refractivity contribution in [3.63, 3.8) is 0 Å². The number of methoxy groups -OCH3 is 1. The van der Waals surface area contributed by atoms with Crippen molar-refractivity contribution in [3.8, 4) is 5.75 Å². The summed E-state index contributed by atoms with van der Waals surface area (Å²) in [6.07, 6.45) is 2.60. The number of hydrogen-bond donors (Lipinski definition) is 1. The van der Waals surface area contributed by atoms with Gasteiger partial charge in [-0.05, 0) is 42.9 Å². The van der Waals surface area contributed by atoms with Crippen LogP contribution in [-0.2, 0) is 21.1 Å². The lowest BCUT2D eigenvalue weighted by molar-refractivity contribution is -0.121. The van der Waals surface area contributed by atoms with E-state index in [1.165, 1.54) is 0 Å². The quantitative estimate of drug-likeness (QED) is 0.826. The van der Waals surface area contributed by atoms with E-state index in [2.05, 4.69) is 5.32 Å². The number of rotatable bonds is 7. The molecule has 1 aromatic rings. The zero-order valence-corrected chi connectivity index (χ0v) is 13.7. The molecule has 1 unspecified atom stereocenters. The van der Waals surface area contributed by atoms with Gasteiger partial charge in [-0.15, -0.1) is 0 Å². The molecule has 22 heavy (non-hydrogen) atoms. The molecule has 1 aliphatic heterocycles. The van der Waals surface area contributed by atoms with E-state index in [1.807, 2.05) is 24.3 Å². The van der Waals surface area contributed by atoms with Gasteiger partial charge in [-0.2, -0.15) is 0 Å². The predicted molar refractivity (Wildman–Crippen MR) is 85.7 cm³/mol. The number of carbonyl (C=O) groups excluding carboxylic acids is 1. The Bertz CT molecular complexity index is 595. The van der Waals surface area contributed by atoms with Gasteiger partial charge < -0.3 is 10.1 Å². The van der Waals surface area contributed by atoms with Gasteiger partial charge in [0, 0.05) is 13.0 Å². The highest BCUT2D eigenvalue weighted by atomic mass is 32.2. The molecule has 5 nitrogen and oxygen atoms in total. The third kappa shape index (κ3) is 5.33. The second kappa shape index (κ2) is 7.63. The third-order valence-electron chi connectivity index (χ3n) is 4.00. The Kier molecular flexibility index (Phi) is 5.83. The first kappa shape index (κ1) is 16.8. The summed E-state index contributed by atoms with van der Waals surface area (Å²) in [5.74, 6) is 1.58. The second-order valence-electron chi connectivity index (χ2n) is 5.76. The summed E-state index contributed by atoms with van der Waals surface area (Å²) in [6.45, 7) is 0.557. The molecule has 1 aromatic carbocycles. The van der Waals surface area contributed by atoms with Crippen molar-refractivity contribution in [2.24, 2.45) is 5.92 Å². The highest BCUT2D eigenvalue weighted by Gasteiger charge is 2.27. The molecule has 6 heteroatoms. The van der Waals surface area contributed by atoms with Gasteiger partial charge in [0.05, 0.1) is 18.6 Å². The van der Waals surface area contributed by atoms with Crippen molar-refractivity contribution in [1.29, 1.82) is 0 Å². The molecular formula is C16H23NO4S. The largest absolute Gasteiger partial charge is 0.497 e. The van der Waals surface area contributed by atoms with E-state index in [0.717, 1.165) is 24.2 Å². The van der Waals surface area contributed by atoms with Crippen LogP contribution in [0.25, 0.3) is 0 Å². The Labute approximate surface area is 132 Å². The highest BCUT2D eigenvalue weighted by Crippen LogP contribution is 2.20. The Hall–Kier alpha value is -1.56. The van der Waals surface area contributed by atoms with Crippen LogP contribution >= 0.6 is 0 Å². The lowest BCUT2D eigenvalue weighted by atomic mass is 10.1. The second-order valence-corrected chi connectivity index (χ2v) is 7.98. The fourth-order valence-electron chi connectivity index (χ4n) is 2.65. The Morgan fingerprint density at radius 3 is 2.64 bits per heavy atom. The zero-order valence-electron chi connectivity index (χ0n) is 12.9. The summed E-state index contributed by atoms with van der Waals surface area (Å²) < 4.78 is 27.8.